The van der Waals surface area contributed by atoms with E-state index in [0.717, 1.165) is 28.8 Å². The number of fused-ring (bicyclic) bond motifs is 1. The average molecular weight is 363 g/mol. The highest BCUT2D eigenvalue weighted by atomic mass is 79.9. The van der Waals surface area contributed by atoms with E-state index in [-0.39, 0.29) is 0 Å². The van der Waals surface area contributed by atoms with Crippen molar-refractivity contribution in [2.45, 2.75) is 33.2 Å². The van der Waals surface area contributed by atoms with Crippen molar-refractivity contribution in [2.75, 3.05) is 20.2 Å². The molecule has 0 atom stereocenters. The Morgan fingerprint density at radius 2 is 2.23 bits per heavy atom. The molecule has 1 aliphatic heterocycles. The van der Waals surface area contributed by atoms with Crippen molar-refractivity contribution in [2.24, 2.45) is 5.41 Å². The summed E-state index contributed by atoms with van der Waals surface area (Å²) in [5.74, 6) is 0.859. The minimum absolute atomic E-state index is 0.408. The predicted octanol–water partition coefficient (Wildman–Crippen LogP) is 4.63. The minimum Gasteiger partial charge on any atom is -0.495 e. The van der Waals surface area contributed by atoms with Crippen molar-refractivity contribution in [3.8, 4) is 5.75 Å². The van der Waals surface area contributed by atoms with Gasteiger partial charge >= 0.3 is 0 Å². The van der Waals surface area contributed by atoms with Crippen LogP contribution >= 0.6 is 15.9 Å². The fraction of sp³-hybridized carbons (Fsp3) is 0.500. The monoisotopic (exact) mass is 362 g/mol. The van der Waals surface area contributed by atoms with Crippen LogP contribution in [0.3, 0.4) is 0 Å². The Hall–Kier alpha value is -1.13. The summed E-state index contributed by atoms with van der Waals surface area (Å²) >= 11 is 3.62. The van der Waals surface area contributed by atoms with Gasteiger partial charge < -0.3 is 4.74 Å². The SMILES string of the molecule is COc1cc(CN2CCCC(C)(C)C2)c2cccnc2c1Br. The molecule has 0 aliphatic carbocycles. The summed E-state index contributed by atoms with van der Waals surface area (Å²) in [4.78, 5) is 7.08. The zero-order valence-corrected chi connectivity index (χ0v) is 15.1. The Morgan fingerprint density at radius 1 is 1.41 bits per heavy atom. The first kappa shape index (κ1) is 15.8. The molecule has 2 heterocycles. The van der Waals surface area contributed by atoms with Gasteiger partial charge in [0.05, 0.1) is 17.1 Å². The number of nitrogens with zero attached hydrogens (tertiary/aromatic N) is 2. The number of aromatic nitrogens is 1. The minimum atomic E-state index is 0.408. The van der Waals surface area contributed by atoms with Gasteiger partial charge in [0.25, 0.3) is 0 Å². The van der Waals surface area contributed by atoms with Crippen molar-refractivity contribution >= 4 is 26.8 Å². The highest BCUT2D eigenvalue weighted by Crippen LogP contribution is 2.36. The number of hydrogen-bond acceptors (Lipinski definition) is 3. The topological polar surface area (TPSA) is 25.4 Å². The quantitative estimate of drug-likeness (QED) is 0.795. The predicted molar refractivity (Wildman–Crippen MR) is 94.3 cm³/mol. The van der Waals surface area contributed by atoms with Crippen LogP contribution in [0.15, 0.2) is 28.9 Å². The molecular weight excluding hydrogens is 340 g/mol. The molecule has 1 aromatic heterocycles. The molecule has 1 fully saturated rings. The van der Waals surface area contributed by atoms with E-state index in [0.29, 0.717) is 5.41 Å². The number of hydrogen-bond donors (Lipinski definition) is 0. The summed E-state index contributed by atoms with van der Waals surface area (Å²) < 4.78 is 6.46. The summed E-state index contributed by atoms with van der Waals surface area (Å²) in [6, 6.07) is 6.30. The zero-order chi connectivity index (χ0) is 15.7. The molecule has 0 unspecified atom stereocenters. The van der Waals surface area contributed by atoms with Crippen LogP contribution in [-0.2, 0) is 6.54 Å². The van der Waals surface area contributed by atoms with Crippen LogP contribution in [0.4, 0.5) is 0 Å². The zero-order valence-electron chi connectivity index (χ0n) is 13.5. The number of methoxy groups -OCH3 is 1. The maximum atomic E-state index is 5.52. The van der Waals surface area contributed by atoms with Crippen LogP contribution in [0.1, 0.15) is 32.3 Å². The summed E-state index contributed by atoms with van der Waals surface area (Å²) in [6.07, 6.45) is 4.42. The smallest absolute Gasteiger partial charge is 0.135 e. The normalized spacial score (nSPS) is 18.5. The second kappa shape index (κ2) is 6.17. The maximum Gasteiger partial charge on any atom is 0.135 e. The Kier molecular flexibility index (Phi) is 4.42. The van der Waals surface area contributed by atoms with Crippen molar-refractivity contribution in [3.05, 3.63) is 34.4 Å². The molecule has 0 radical (unpaired) electrons. The fourth-order valence-corrected chi connectivity index (χ4v) is 4.05. The van der Waals surface area contributed by atoms with Gasteiger partial charge in [0, 0.05) is 24.7 Å². The molecule has 0 bridgehead atoms. The first-order chi connectivity index (χ1) is 10.5. The van der Waals surface area contributed by atoms with Crippen LogP contribution in [0.25, 0.3) is 10.9 Å². The molecule has 2 aromatic rings. The lowest BCUT2D eigenvalue weighted by Crippen LogP contribution is -2.39. The van der Waals surface area contributed by atoms with Gasteiger partial charge in [-0.1, -0.05) is 19.9 Å². The van der Waals surface area contributed by atoms with Crippen molar-refractivity contribution in [3.63, 3.8) is 0 Å². The fourth-order valence-electron chi connectivity index (χ4n) is 3.46. The molecule has 1 aromatic carbocycles. The molecule has 0 spiro atoms. The maximum absolute atomic E-state index is 5.52. The number of pyridine rings is 1. The largest absolute Gasteiger partial charge is 0.495 e. The Morgan fingerprint density at radius 3 is 2.95 bits per heavy atom. The van der Waals surface area contributed by atoms with E-state index in [4.69, 9.17) is 4.74 Å². The second-order valence-corrected chi connectivity index (χ2v) is 7.72. The Bertz CT molecular complexity index is 684. The number of piperidine rings is 1. The van der Waals surface area contributed by atoms with Gasteiger partial charge in [-0.15, -0.1) is 0 Å². The standard InChI is InChI=1S/C18H23BrN2O/c1-18(2)7-5-9-21(12-18)11-13-10-15(22-3)16(19)17-14(13)6-4-8-20-17/h4,6,8,10H,5,7,9,11-12H2,1-3H3. The number of halogens is 1. The summed E-state index contributed by atoms with van der Waals surface area (Å²) in [5, 5.41) is 1.21. The van der Waals surface area contributed by atoms with Gasteiger partial charge in [-0.2, -0.15) is 0 Å². The molecule has 3 rings (SSSR count). The third-order valence-corrected chi connectivity index (χ3v) is 5.24. The summed E-state index contributed by atoms with van der Waals surface area (Å²) in [7, 11) is 1.71. The van der Waals surface area contributed by atoms with Gasteiger partial charge in [0.1, 0.15) is 5.75 Å². The highest BCUT2D eigenvalue weighted by molar-refractivity contribution is 9.10. The molecule has 4 heteroatoms. The van der Waals surface area contributed by atoms with E-state index in [1.807, 2.05) is 12.3 Å². The number of rotatable bonds is 3. The lowest BCUT2D eigenvalue weighted by molar-refractivity contribution is 0.112. The van der Waals surface area contributed by atoms with Gasteiger partial charge in [0.15, 0.2) is 0 Å². The average Bonchev–Trinajstić information content (AvgIpc) is 2.49. The van der Waals surface area contributed by atoms with Crippen molar-refractivity contribution < 1.29 is 4.74 Å². The molecule has 22 heavy (non-hydrogen) atoms. The molecule has 0 saturated carbocycles. The van der Waals surface area contributed by atoms with E-state index >= 15 is 0 Å². The van der Waals surface area contributed by atoms with Crippen molar-refractivity contribution in [1.82, 2.24) is 9.88 Å². The highest BCUT2D eigenvalue weighted by Gasteiger charge is 2.26. The third kappa shape index (κ3) is 3.13. The summed E-state index contributed by atoms with van der Waals surface area (Å²) in [5.41, 5.74) is 2.68. The van der Waals surface area contributed by atoms with E-state index in [9.17, 15) is 0 Å². The van der Waals surface area contributed by atoms with E-state index in [2.05, 4.69) is 51.8 Å². The number of benzene rings is 1. The van der Waals surface area contributed by atoms with Crippen LogP contribution in [-0.4, -0.2) is 30.1 Å². The van der Waals surface area contributed by atoms with Crippen molar-refractivity contribution in [1.29, 1.82) is 0 Å². The van der Waals surface area contributed by atoms with E-state index in [1.165, 1.54) is 30.3 Å². The molecule has 0 N–H and O–H groups in total. The van der Waals surface area contributed by atoms with Gasteiger partial charge in [-0.05, 0) is 58.4 Å². The van der Waals surface area contributed by atoms with Gasteiger partial charge in [-0.3, -0.25) is 9.88 Å². The molecule has 3 nitrogen and oxygen atoms in total. The Balaban J connectivity index is 1.98. The van der Waals surface area contributed by atoms with Crippen LogP contribution in [0.2, 0.25) is 0 Å². The number of likely N-dealkylation sites (tertiary alicyclic amines) is 1. The van der Waals surface area contributed by atoms with Gasteiger partial charge in [0.2, 0.25) is 0 Å². The molecule has 1 saturated heterocycles. The molecule has 0 amide bonds. The second-order valence-electron chi connectivity index (χ2n) is 6.93. The lowest BCUT2D eigenvalue weighted by Gasteiger charge is -2.38. The molecular formula is C18H23BrN2O. The first-order valence-corrected chi connectivity index (χ1v) is 8.62. The van der Waals surface area contributed by atoms with Crippen LogP contribution in [0, 0.1) is 5.41 Å². The third-order valence-electron chi connectivity index (χ3n) is 4.48. The van der Waals surface area contributed by atoms with E-state index in [1.54, 1.807) is 7.11 Å². The molecule has 1 aliphatic rings. The summed E-state index contributed by atoms with van der Waals surface area (Å²) in [6.45, 7) is 7.99. The number of ether oxygens (including phenoxy) is 1. The molecule has 118 valence electrons. The first-order valence-electron chi connectivity index (χ1n) is 7.83. The van der Waals surface area contributed by atoms with E-state index < -0.39 is 0 Å². The Labute approximate surface area is 140 Å². The van der Waals surface area contributed by atoms with Gasteiger partial charge in [-0.25, -0.2) is 0 Å². The lowest BCUT2D eigenvalue weighted by atomic mass is 9.84. The van der Waals surface area contributed by atoms with Crippen LogP contribution in [0.5, 0.6) is 5.75 Å². The van der Waals surface area contributed by atoms with Crippen LogP contribution < -0.4 is 4.74 Å².